The topological polar surface area (TPSA) is 133 Å². The zero-order chi connectivity index (χ0) is 22.7. The van der Waals surface area contributed by atoms with Gasteiger partial charge in [-0.2, -0.15) is 5.10 Å². The number of hydrogen-bond acceptors (Lipinski definition) is 7. The second-order valence-electron chi connectivity index (χ2n) is 8.06. The number of nitrogens with zero attached hydrogens (tertiary/aromatic N) is 3. The van der Waals surface area contributed by atoms with Gasteiger partial charge in [0.1, 0.15) is 5.82 Å². The highest BCUT2D eigenvalue weighted by molar-refractivity contribution is 5.99. The highest BCUT2D eigenvalue weighted by Gasteiger charge is 2.24. The zero-order valence-electron chi connectivity index (χ0n) is 18.0. The number of amides is 1. The van der Waals surface area contributed by atoms with Crippen molar-refractivity contribution >= 4 is 34.1 Å². The molecule has 1 fully saturated rings. The SMILES string of the molecule is COCCn1cc2ccc(Nc3nc(NC4CCCC[C@@H]4N)c(F)cc3C(N)=O)cc2n1. The van der Waals surface area contributed by atoms with E-state index >= 15 is 0 Å². The molecule has 0 radical (unpaired) electrons. The number of halogens is 1. The number of nitrogens with one attached hydrogen (secondary N) is 2. The lowest BCUT2D eigenvalue weighted by molar-refractivity contribution is 0.100. The summed E-state index contributed by atoms with van der Waals surface area (Å²) < 4.78 is 21.6. The maximum absolute atomic E-state index is 14.7. The summed E-state index contributed by atoms with van der Waals surface area (Å²) in [5, 5.41) is 11.7. The Bertz CT molecular complexity index is 1120. The molecule has 3 aromatic rings. The Morgan fingerprint density at radius 3 is 2.84 bits per heavy atom. The van der Waals surface area contributed by atoms with Crippen LogP contribution in [-0.2, 0) is 11.3 Å². The van der Waals surface area contributed by atoms with Crippen molar-refractivity contribution in [2.45, 2.75) is 44.3 Å². The first-order valence-electron chi connectivity index (χ1n) is 10.7. The van der Waals surface area contributed by atoms with Crippen molar-refractivity contribution in [1.82, 2.24) is 14.8 Å². The third kappa shape index (κ3) is 4.81. The van der Waals surface area contributed by atoms with E-state index in [9.17, 15) is 9.18 Å². The quantitative estimate of drug-likeness (QED) is 0.422. The number of aromatic nitrogens is 3. The van der Waals surface area contributed by atoms with Crippen molar-refractivity contribution in [2.24, 2.45) is 11.5 Å². The lowest BCUT2D eigenvalue weighted by Crippen LogP contribution is -2.43. The van der Waals surface area contributed by atoms with Gasteiger partial charge in [-0.05, 0) is 37.1 Å². The van der Waals surface area contributed by atoms with Crippen LogP contribution in [0.15, 0.2) is 30.5 Å². The Kier molecular flexibility index (Phi) is 6.52. The van der Waals surface area contributed by atoms with Gasteiger partial charge in [0.2, 0.25) is 0 Å². The van der Waals surface area contributed by atoms with Crippen LogP contribution in [0.3, 0.4) is 0 Å². The third-order valence-electron chi connectivity index (χ3n) is 5.72. The Morgan fingerprint density at radius 2 is 2.09 bits per heavy atom. The highest BCUT2D eigenvalue weighted by atomic mass is 19.1. The molecule has 2 heterocycles. The molecule has 6 N–H and O–H groups in total. The fourth-order valence-corrected chi connectivity index (χ4v) is 3.97. The minimum absolute atomic E-state index is 0.0355. The van der Waals surface area contributed by atoms with E-state index in [0.717, 1.165) is 42.7 Å². The molecule has 4 rings (SSSR count). The van der Waals surface area contributed by atoms with Gasteiger partial charge >= 0.3 is 0 Å². The van der Waals surface area contributed by atoms with Crippen LogP contribution in [0.5, 0.6) is 0 Å². The number of carbonyl (C=O) groups excluding carboxylic acids is 1. The van der Waals surface area contributed by atoms with Crippen molar-refractivity contribution in [3.63, 3.8) is 0 Å². The number of pyridine rings is 1. The summed E-state index contributed by atoms with van der Waals surface area (Å²) in [6.45, 7) is 1.19. The van der Waals surface area contributed by atoms with Gasteiger partial charge in [0.05, 0.1) is 24.2 Å². The van der Waals surface area contributed by atoms with Gasteiger partial charge in [0.25, 0.3) is 5.91 Å². The molecule has 2 aromatic heterocycles. The molecule has 1 saturated carbocycles. The van der Waals surface area contributed by atoms with Gasteiger partial charge in [0, 0.05) is 36.5 Å². The fourth-order valence-electron chi connectivity index (χ4n) is 3.97. The first-order chi connectivity index (χ1) is 15.4. The average Bonchev–Trinajstić information content (AvgIpc) is 3.17. The predicted octanol–water partition coefficient (Wildman–Crippen LogP) is 2.74. The minimum atomic E-state index is -0.773. The van der Waals surface area contributed by atoms with Crippen molar-refractivity contribution < 1.29 is 13.9 Å². The molecule has 0 bridgehead atoms. The Balaban J connectivity index is 1.61. The Labute approximate surface area is 185 Å². The molecule has 0 spiro atoms. The number of carbonyl (C=O) groups is 1. The van der Waals surface area contributed by atoms with E-state index in [2.05, 4.69) is 20.7 Å². The highest BCUT2D eigenvalue weighted by Crippen LogP contribution is 2.28. The van der Waals surface area contributed by atoms with Crippen molar-refractivity contribution in [3.8, 4) is 0 Å². The summed E-state index contributed by atoms with van der Waals surface area (Å²) >= 11 is 0. The molecule has 0 aliphatic heterocycles. The summed E-state index contributed by atoms with van der Waals surface area (Å²) in [6.07, 6.45) is 5.73. The van der Waals surface area contributed by atoms with E-state index < -0.39 is 11.7 Å². The van der Waals surface area contributed by atoms with Gasteiger partial charge in [0.15, 0.2) is 11.6 Å². The monoisotopic (exact) mass is 441 g/mol. The molecule has 9 nitrogen and oxygen atoms in total. The second-order valence-corrected chi connectivity index (χ2v) is 8.06. The van der Waals surface area contributed by atoms with Crippen molar-refractivity contribution in [3.05, 3.63) is 41.8 Å². The van der Waals surface area contributed by atoms with E-state index in [0.29, 0.717) is 18.8 Å². The minimum Gasteiger partial charge on any atom is -0.383 e. The van der Waals surface area contributed by atoms with Crippen LogP contribution in [0.1, 0.15) is 36.0 Å². The van der Waals surface area contributed by atoms with Crippen LogP contribution in [-0.4, -0.2) is 46.5 Å². The maximum atomic E-state index is 14.7. The molecular weight excluding hydrogens is 413 g/mol. The molecule has 1 aromatic carbocycles. The standard InChI is InChI=1S/C22H28FN7O2/c1-32-9-8-30-12-13-6-7-14(10-19(13)29-30)26-21-15(20(25)31)11-16(23)22(28-21)27-18-5-3-2-4-17(18)24/h6-7,10-12,17-18H,2-5,8-9,24H2,1H3,(H2,25,31)(H2,26,27,28)/t17-,18?/m0/s1. The zero-order valence-corrected chi connectivity index (χ0v) is 18.0. The van der Waals surface area contributed by atoms with Crippen LogP contribution in [0, 0.1) is 5.82 Å². The van der Waals surface area contributed by atoms with Gasteiger partial charge in [-0.1, -0.05) is 12.8 Å². The van der Waals surface area contributed by atoms with Gasteiger partial charge in [-0.3, -0.25) is 9.48 Å². The number of hydrogen-bond donors (Lipinski definition) is 4. The number of benzene rings is 1. The van der Waals surface area contributed by atoms with Crippen LogP contribution in [0.25, 0.3) is 10.9 Å². The van der Waals surface area contributed by atoms with Crippen LogP contribution in [0.4, 0.5) is 21.7 Å². The van der Waals surface area contributed by atoms with Gasteiger partial charge in [-0.25, -0.2) is 9.37 Å². The average molecular weight is 442 g/mol. The molecule has 10 heteroatoms. The maximum Gasteiger partial charge on any atom is 0.252 e. The van der Waals surface area contributed by atoms with E-state index in [4.69, 9.17) is 16.2 Å². The lowest BCUT2D eigenvalue weighted by Gasteiger charge is -2.30. The summed E-state index contributed by atoms with van der Waals surface area (Å²) in [5.74, 6) is -1.20. The van der Waals surface area contributed by atoms with Gasteiger partial charge in [-0.15, -0.1) is 0 Å². The normalized spacial score (nSPS) is 18.6. The molecule has 1 amide bonds. The van der Waals surface area contributed by atoms with Crippen molar-refractivity contribution in [2.75, 3.05) is 24.4 Å². The fraction of sp³-hybridized carbons (Fsp3) is 0.409. The molecule has 1 unspecified atom stereocenters. The van der Waals surface area contributed by atoms with Crippen LogP contribution >= 0.6 is 0 Å². The molecule has 2 atom stereocenters. The number of primary amides is 1. The number of fused-ring (bicyclic) bond motifs is 1. The molecule has 32 heavy (non-hydrogen) atoms. The van der Waals surface area contributed by atoms with E-state index in [1.165, 1.54) is 0 Å². The molecule has 0 saturated heterocycles. The smallest absolute Gasteiger partial charge is 0.252 e. The number of ether oxygens (including phenoxy) is 1. The van der Waals surface area contributed by atoms with Crippen LogP contribution < -0.4 is 22.1 Å². The second kappa shape index (κ2) is 9.49. The first kappa shape index (κ1) is 22.0. The molecular formula is C22H28FN7O2. The van der Waals surface area contributed by atoms with E-state index in [-0.39, 0.29) is 29.3 Å². The number of nitrogens with two attached hydrogens (primary N) is 2. The number of rotatable bonds is 8. The lowest BCUT2D eigenvalue weighted by atomic mass is 9.91. The molecule has 1 aliphatic carbocycles. The predicted molar refractivity (Wildman–Crippen MR) is 121 cm³/mol. The summed E-state index contributed by atoms with van der Waals surface area (Å²) in [4.78, 5) is 16.3. The Morgan fingerprint density at radius 1 is 1.28 bits per heavy atom. The third-order valence-corrected chi connectivity index (χ3v) is 5.72. The van der Waals surface area contributed by atoms with E-state index in [1.807, 2.05) is 24.4 Å². The number of anilines is 3. The van der Waals surface area contributed by atoms with E-state index in [1.54, 1.807) is 11.8 Å². The van der Waals surface area contributed by atoms with Crippen LogP contribution in [0.2, 0.25) is 0 Å². The summed E-state index contributed by atoms with van der Waals surface area (Å²) in [6, 6.07) is 6.52. The van der Waals surface area contributed by atoms with Crippen molar-refractivity contribution in [1.29, 1.82) is 0 Å². The Hall–Kier alpha value is -3.24. The van der Waals surface area contributed by atoms with Gasteiger partial charge < -0.3 is 26.8 Å². The molecule has 1 aliphatic rings. The molecule has 170 valence electrons. The summed E-state index contributed by atoms with van der Waals surface area (Å²) in [5.41, 5.74) is 13.0. The number of methoxy groups -OCH3 is 1. The largest absolute Gasteiger partial charge is 0.383 e. The summed E-state index contributed by atoms with van der Waals surface area (Å²) in [7, 11) is 1.64. The first-order valence-corrected chi connectivity index (χ1v) is 10.7.